The zero-order valence-corrected chi connectivity index (χ0v) is 18.4. The number of hydrogen-bond acceptors (Lipinski definition) is 9. The molecule has 1 aliphatic rings. The van der Waals surface area contributed by atoms with Gasteiger partial charge in [-0.3, -0.25) is 24.7 Å². The molecule has 0 saturated heterocycles. The minimum atomic E-state index is -0.931. The van der Waals surface area contributed by atoms with E-state index in [1.807, 2.05) is 6.07 Å². The van der Waals surface area contributed by atoms with Crippen LogP contribution in [0, 0.1) is 27.4 Å². The molecule has 0 aliphatic carbocycles. The average molecular weight is 469 g/mol. The number of amides is 1. The van der Waals surface area contributed by atoms with Crippen molar-refractivity contribution in [3.63, 3.8) is 0 Å². The van der Waals surface area contributed by atoms with E-state index in [9.17, 15) is 19.7 Å². The maximum atomic E-state index is 13.1. The summed E-state index contributed by atoms with van der Waals surface area (Å²) in [6.45, 7) is 1.87. The fourth-order valence-corrected chi connectivity index (χ4v) is 3.53. The molecule has 1 aliphatic heterocycles. The molecule has 2 atom stereocenters. The van der Waals surface area contributed by atoms with Crippen molar-refractivity contribution in [2.75, 3.05) is 26.4 Å². The van der Waals surface area contributed by atoms with Gasteiger partial charge in [0.15, 0.2) is 0 Å². The summed E-state index contributed by atoms with van der Waals surface area (Å²) in [4.78, 5) is 42.3. The maximum Gasteiger partial charge on any atom is 0.315 e. The monoisotopic (exact) mass is 469 g/mol. The topological polar surface area (TPSA) is 193 Å². The highest BCUT2D eigenvalue weighted by Gasteiger charge is 2.41. The van der Waals surface area contributed by atoms with E-state index in [4.69, 9.17) is 20.3 Å². The summed E-state index contributed by atoms with van der Waals surface area (Å²) >= 11 is 0. The molecule has 1 aromatic carbocycles. The van der Waals surface area contributed by atoms with Crippen LogP contribution in [0.25, 0.3) is 10.4 Å². The van der Waals surface area contributed by atoms with Gasteiger partial charge in [-0.25, -0.2) is 0 Å². The Labute approximate surface area is 194 Å². The molecule has 1 amide bonds. The SMILES string of the molecule is CCC1=NC(COCCN=[N+]=[N-])=C(NC=O)C(c2ccc([N+](=O)[O-])cc2)C1C(=O)OCCC#N. The third-order valence-corrected chi connectivity index (χ3v) is 4.98. The number of nitro benzene ring substituents is 1. The predicted molar refractivity (Wildman–Crippen MR) is 119 cm³/mol. The smallest absolute Gasteiger partial charge is 0.315 e. The van der Waals surface area contributed by atoms with Crippen LogP contribution in [-0.4, -0.2) is 49.4 Å². The lowest BCUT2D eigenvalue weighted by molar-refractivity contribution is -0.384. The van der Waals surface area contributed by atoms with Crippen LogP contribution in [0.2, 0.25) is 0 Å². The number of nitriles is 1. The Morgan fingerprint density at radius 3 is 2.74 bits per heavy atom. The number of carbonyl (C=O) groups is 2. The number of nitrogens with zero attached hydrogens (tertiary/aromatic N) is 6. The molecular formula is C21H23N7O6. The van der Waals surface area contributed by atoms with Crippen LogP contribution in [-0.2, 0) is 19.1 Å². The molecule has 1 heterocycles. The van der Waals surface area contributed by atoms with Crippen molar-refractivity contribution >= 4 is 23.8 Å². The molecule has 0 fully saturated rings. The number of azide groups is 1. The molecule has 13 nitrogen and oxygen atoms in total. The van der Waals surface area contributed by atoms with Crippen LogP contribution in [0.15, 0.2) is 45.8 Å². The summed E-state index contributed by atoms with van der Waals surface area (Å²) < 4.78 is 10.8. The first kappa shape index (κ1) is 26.0. The van der Waals surface area contributed by atoms with E-state index in [-0.39, 0.29) is 44.2 Å². The number of benzene rings is 1. The Morgan fingerprint density at radius 2 is 2.15 bits per heavy atom. The minimum absolute atomic E-state index is 0.0127. The van der Waals surface area contributed by atoms with Crippen LogP contribution in [0.5, 0.6) is 0 Å². The molecule has 1 aromatic rings. The molecule has 0 radical (unpaired) electrons. The highest BCUT2D eigenvalue weighted by atomic mass is 16.6. The zero-order valence-electron chi connectivity index (χ0n) is 18.4. The van der Waals surface area contributed by atoms with E-state index in [1.165, 1.54) is 24.3 Å². The molecule has 0 aromatic heterocycles. The summed E-state index contributed by atoms with van der Waals surface area (Å²) in [6.07, 6.45) is 0.829. The number of nitrogens with one attached hydrogen (secondary N) is 1. The molecule has 0 spiro atoms. The third kappa shape index (κ3) is 6.61. The van der Waals surface area contributed by atoms with Gasteiger partial charge in [0, 0.05) is 35.2 Å². The van der Waals surface area contributed by atoms with Gasteiger partial charge in [0.1, 0.15) is 12.5 Å². The van der Waals surface area contributed by atoms with Gasteiger partial charge in [-0.2, -0.15) is 5.26 Å². The molecule has 34 heavy (non-hydrogen) atoms. The number of esters is 1. The number of aliphatic imine (C=N–C) groups is 1. The van der Waals surface area contributed by atoms with Gasteiger partial charge in [-0.1, -0.05) is 24.2 Å². The molecular weight excluding hydrogens is 446 g/mol. The van der Waals surface area contributed by atoms with E-state index in [0.29, 0.717) is 29.8 Å². The largest absolute Gasteiger partial charge is 0.464 e. The molecule has 2 unspecified atom stereocenters. The summed E-state index contributed by atoms with van der Waals surface area (Å²) in [5.41, 5.74) is 9.88. The highest BCUT2D eigenvalue weighted by Crippen LogP contribution is 2.39. The first-order chi connectivity index (χ1) is 16.5. The molecule has 2 rings (SSSR count). The zero-order chi connectivity index (χ0) is 24.9. The van der Waals surface area contributed by atoms with Gasteiger partial charge in [-0.15, -0.1) is 0 Å². The predicted octanol–water partition coefficient (Wildman–Crippen LogP) is 2.90. The number of nitro groups is 1. The van der Waals surface area contributed by atoms with Gasteiger partial charge >= 0.3 is 5.97 Å². The van der Waals surface area contributed by atoms with E-state index >= 15 is 0 Å². The number of allylic oxidation sites excluding steroid dienone is 1. The lowest BCUT2D eigenvalue weighted by atomic mass is 9.77. The first-order valence-electron chi connectivity index (χ1n) is 10.4. The lowest BCUT2D eigenvalue weighted by Crippen LogP contribution is -2.39. The van der Waals surface area contributed by atoms with Crippen molar-refractivity contribution in [3.05, 3.63) is 61.8 Å². The van der Waals surface area contributed by atoms with E-state index in [2.05, 4.69) is 20.3 Å². The summed E-state index contributed by atoms with van der Waals surface area (Å²) in [6, 6.07) is 7.52. The Balaban J connectivity index is 2.54. The number of carbonyl (C=O) groups excluding carboxylic acids is 2. The van der Waals surface area contributed by atoms with Crippen molar-refractivity contribution in [1.82, 2.24) is 5.32 Å². The normalized spacial score (nSPS) is 17.1. The van der Waals surface area contributed by atoms with E-state index < -0.39 is 22.7 Å². The van der Waals surface area contributed by atoms with E-state index in [1.54, 1.807) is 6.92 Å². The standard InChI is InChI=1S/C21H23N7O6/c1-2-16-19(21(30)34-10-3-8-22)18(14-4-6-15(7-5-14)28(31)32)20(24-13-29)17(26-16)12-33-11-9-25-27-23/h4-7,13,18-19H,2-3,9-12H2,1H3,(H,24,29). The van der Waals surface area contributed by atoms with Gasteiger partial charge in [-0.05, 0) is 17.5 Å². The van der Waals surface area contributed by atoms with Crippen LogP contribution in [0.1, 0.15) is 31.2 Å². The van der Waals surface area contributed by atoms with Crippen molar-refractivity contribution in [2.45, 2.75) is 25.7 Å². The quantitative estimate of drug-likeness (QED) is 0.0670. The molecule has 178 valence electrons. The fraction of sp³-hybridized carbons (Fsp3) is 0.429. The van der Waals surface area contributed by atoms with Gasteiger partial charge < -0.3 is 14.8 Å². The number of rotatable bonds is 13. The second-order valence-corrected chi connectivity index (χ2v) is 6.97. The number of non-ortho nitro benzene ring substituents is 1. The first-order valence-corrected chi connectivity index (χ1v) is 10.4. The van der Waals surface area contributed by atoms with E-state index in [0.717, 1.165) is 0 Å². The van der Waals surface area contributed by atoms with Crippen molar-refractivity contribution in [1.29, 1.82) is 5.26 Å². The maximum absolute atomic E-state index is 13.1. The third-order valence-electron chi connectivity index (χ3n) is 4.98. The second-order valence-electron chi connectivity index (χ2n) is 6.97. The number of ether oxygens (including phenoxy) is 2. The van der Waals surface area contributed by atoms with Crippen LogP contribution in [0.3, 0.4) is 0 Å². The van der Waals surface area contributed by atoms with Gasteiger partial charge in [0.25, 0.3) is 5.69 Å². The fourth-order valence-electron chi connectivity index (χ4n) is 3.53. The average Bonchev–Trinajstić information content (AvgIpc) is 2.84. The Bertz CT molecular complexity index is 1050. The second kappa shape index (κ2) is 13.3. The summed E-state index contributed by atoms with van der Waals surface area (Å²) in [5.74, 6) is -2.34. The van der Waals surface area contributed by atoms with Crippen LogP contribution < -0.4 is 5.32 Å². The molecule has 13 heteroatoms. The molecule has 0 bridgehead atoms. The summed E-state index contributed by atoms with van der Waals surface area (Å²) in [5, 5.41) is 25.8. The van der Waals surface area contributed by atoms with Crippen molar-refractivity contribution in [2.24, 2.45) is 16.0 Å². The molecule has 0 saturated carbocycles. The van der Waals surface area contributed by atoms with Gasteiger partial charge in [0.05, 0.1) is 42.0 Å². The summed E-state index contributed by atoms with van der Waals surface area (Å²) in [7, 11) is 0. The Kier molecular flexibility index (Phi) is 10.2. The Hall–Kier alpha value is -4.27. The highest BCUT2D eigenvalue weighted by molar-refractivity contribution is 6.05. The molecule has 1 N–H and O–H groups in total. The van der Waals surface area contributed by atoms with Crippen molar-refractivity contribution in [3.8, 4) is 6.07 Å². The van der Waals surface area contributed by atoms with Crippen molar-refractivity contribution < 1.29 is 24.0 Å². The lowest BCUT2D eigenvalue weighted by Gasteiger charge is -2.33. The van der Waals surface area contributed by atoms with Crippen LogP contribution >= 0.6 is 0 Å². The Morgan fingerprint density at radius 1 is 1.41 bits per heavy atom. The van der Waals surface area contributed by atoms with Crippen LogP contribution in [0.4, 0.5) is 5.69 Å². The minimum Gasteiger partial charge on any atom is -0.464 e. The van der Waals surface area contributed by atoms with Gasteiger partial charge in [0.2, 0.25) is 6.41 Å². The number of hydrogen-bond donors (Lipinski definition) is 1.